The third-order valence-electron chi connectivity index (χ3n) is 4.40. The summed E-state index contributed by atoms with van der Waals surface area (Å²) in [6.45, 7) is 2.69. The molecule has 4 heteroatoms. The molecule has 0 spiro atoms. The normalized spacial score (nSPS) is 13.6. The Morgan fingerprint density at radius 2 is 1.83 bits per heavy atom. The summed E-state index contributed by atoms with van der Waals surface area (Å²) in [5.74, 6) is 0.151. The van der Waals surface area contributed by atoms with Gasteiger partial charge in [-0.2, -0.15) is 0 Å². The van der Waals surface area contributed by atoms with Crippen molar-refractivity contribution in [3.8, 4) is 0 Å². The van der Waals surface area contributed by atoms with Gasteiger partial charge in [-0.1, -0.05) is 55.5 Å². The zero-order valence-electron chi connectivity index (χ0n) is 13.8. The van der Waals surface area contributed by atoms with Crippen molar-refractivity contribution >= 4 is 16.8 Å². The molecular formula is C20H23N3O. The number of aromatic amines is 1. The zero-order chi connectivity index (χ0) is 16.9. The first-order chi connectivity index (χ1) is 11.6. The van der Waals surface area contributed by atoms with Crippen molar-refractivity contribution < 1.29 is 4.79 Å². The lowest BCUT2D eigenvalue weighted by Crippen LogP contribution is -2.43. The fourth-order valence-corrected chi connectivity index (χ4v) is 2.91. The van der Waals surface area contributed by atoms with E-state index in [0.29, 0.717) is 13.0 Å². The molecule has 2 aromatic carbocycles. The Morgan fingerprint density at radius 1 is 1.12 bits per heavy atom. The topological polar surface area (TPSA) is 70.9 Å². The number of rotatable bonds is 6. The van der Waals surface area contributed by atoms with E-state index in [-0.39, 0.29) is 11.8 Å². The molecule has 124 valence electrons. The Balaban J connectivity index is 1.57. The fraction of sp³-hybridized carbons (Fsp3) is 0.250. The molecule has 3 aromatic rings. The number of amides is 1. The van der Waals surface area contributed by atoms with Crippen molar-refractivity contribution in [2.24, 2.45) is 5.73 Å². The molecule has 1 unspecified atom stereocenters. The minimum atomic E-state index is -0.549. The molecule has 1 aromatic heterocycles. The number of carbonyl (C=O) groups excluding carboxylic acids is 1. The van der Waals surface area contributed by atoms with Crippen molar-refractivity contribution in [1.82, 2.24) is 10.3 Å². The summed E-state index contributed by atoms with van der Waals surface area (Å²) < 4.78 is 0. The van der Waals surface area contributed by atoms with Crippen LogP contribution in [0.25, 0.3) is 10.9 Å². The van der Waals surface area contributed by atoms with Crippen LogP contribution in [0.4, 0.5) is 0 Å². The number of fused-ring (bicyclic) bond motifs is 1. The van der Waals surface area contributed by atoms with Crippen molar-refractivity contribution in [3.63, 3.8) is 0 Å². The predicted molar refractivity (Wildman–Crippen MR) is 97.8 cm³/mol. The van der Waals surface area contributed by atoms with Crippen molar-refractivity contribution in [2.75, 3.05) is 6.54 Å². The lowest BCUT2D eigenvalue weighted by Gasteiger charge is -2.16. The number of aromatic nitrogens is 1. The molecule has 0 aliphatic carbocycles. The quantitative estimate of drug-likeness (QED) is 0.653. The van der Waals surface area contributed by atoms with E-state index in [1.54, 1.807) is 0 Å². The highest BCUT2D eigenvalue weighted by Crippen LogP contribution is 2.19. The van der Waals surface area contributed by atoms with Gasteiger partial charge in [0, 0.05) is 23.6 Å². The first-order valence-corrected chi connectivity index (χ1v) is 8.28. The second-order valence-electron chi connectivity index (χ2n) is 6.23. The van der Waals surface area contributed by atoms with Gasteiger partial charge >= 0.3 is 0 Å². The maximum absolute atomic E-state index is 12.3. The Morgan fingerprint density at radius 3 is 2.62 bits per heavy atom. The second kappa shape index (κ2) is 7.32. The van der Waals surface area contributed by atoms with Crippen LogP contribution in [0.5, 0.6) is 0 Å². The number of nitrogens with two attached hydrogens (primary N) is 1. The summed E-state index contributed by atoms with van der Waals surface area (Å²) in [6, 6.07) is 17.7. The molecule has 0 aliphatic rings. The lowest BCUT2D eigenvalue weighted by molar-refractivity contribution is -0.122. The summed E-state index contributed by atoms with van der Waals surface area (Å²) in [5.41, 5.74) is 9.45. The average Bonchev–Trinajstić information content (AvgIpc) is 3.03. The Hall–Kier alpha value is -2.59. The van der Waals surface area contributed by atoms with Gasteiger partial charge in [-0.3, -0.25) is 4.79 Å². The molecule has 0 aliphatic heterocycles. The van der Waals surface area contributed by atoms with E-state index in [2.05, 4.69) is 29.4 Å². The molecule has 0 saturated heterocycles. The van der Waals surface area contributed by atoms with Crippen LogP contribution in [0.15, 0.2) is 60.8 Å². The minimum Gasteiger partial charge on any atom is -0.361 e. The van der Waals surface area contributed by atoms with Gasteiger partial charge in [0.2, 0.25) is 5.91 Å². The van der Waals surface area contributed by atoms with E-state index in [1.807, 2.05) is 48.7 Å². The molecule has 0 radical (unpaired) electrons. The molecule has 24 heavy (non-hydrogen) atoms. The van der Waals surface area contributed by atoms with E-state index < -0.39 is 6.04 Å². The number of hydrogen-bond donors (Lipinski definition) is 3. The van der Waals surface area contributed by atoms with Crippen LogP contribution in [-0.4, -0.2) is 23.5 Å². The highest BCUT2D eigenvalue weighted by atomic mass is 16.2. The van der Waals surface area contributed by atoms with Crippen molar-refractivity contribution in [3.05, 3.63) is 71.9 Å². The highest BCUT2D eigenvalue weighted by Gasteiger charge is 2.17. The molecule has 0 saturated carbocycles. The van der Waals surface area contributed by atoms with E-state index in [0.717, 1.165) is 16.5 Å². The van der Waals surface area contributed by atoms with Crippen LogP contribution in [0, 0.1) is 0 Å². The third kappa shape index (κ3) is 3.66. The molecule has 0 fully saturated rings. The summed E-state index contributed by atoms with van der Waals surface area (Å²) in [4.78, 5) is 15.5. The predicted octanol–water partition coefficient (Wildman–Crippen LogP) is 2.96. The number of benzene rings is 2. The van der Waals surface area contributed by atoms with Crippen molar-refractivity contribution in [1.29, 1.82) is 0 Å². The SMILES string of the molecule is CC(CNC(=O)[C@@H](N)Cc1c[nH]c2ccccc12)c1ccccc1. The Labute approximate surface area is 142 Å². The smallest absolute Gasteiger partial charge is 0.237 e. The van der Waals surface area contributed by atoms with Gasteiger partial charge < -0.3 is 16.0 Å². The van der Waals surface area contributed by atoms with Gasteiger partial charge in [0.05, 0.1) is 6.04 Å². The first-order valence-electron chi connectivity index (χ1n) is 8.28. The lowest BCUT2D eigenvalue weighted by atomic mass is 10.0. The number of nitrogens with one attached hydrogen (secondary N) is 2. The number of carbonyl (C=O) groups is 1. The summed E-state index contributed by atoms with van der Waals surface area (Å²) in [5, 5.41) is 4.09. The van der Waals surface area contributed by atoms with Crippen LogP contribution in [0.2, 0.25) is 0 Å². The third-order valence-corrected chi connectivity index (χ3v) is 4.40. The standard InChI is InChI=1S/C20H23N3O/c1-14(15-7-3-2-4-8-15)12-23-20(24)18(21)11-16-13-22-19-10-6-5-9-17(16)19/h2-10,13-14,18,22H,11-12,21H2,1H3,(H,23,24)/t14?,18-/m0/s1. The van der Waals surface area contributed by atoms with Crippen molar-refractivity contribution in [2.45, 2.75) is 25.3 Å². The maximum atomic E-state index is 12.3. The van der Waals surface area contributed by atoms with Crippen LogP contribution in [-0.2, 0) is 11.2 Å². The van der Waals surface area contributed by atoms with Crippen LogP contribution in [0.1, 0.15) is 24.0 Å². The summed E-state index contributed by atoms with van der Waals surface area (Å²) in [7, 11) is 0. The summed E-state index contributed by atoms with van der Waals surface area (Å²) in [6.07, 6.45) is 2.46. The second-order valence-corrected chi connectivity index (χ2v) is 6.23. The van der Waals surface area contributed by atoms with Gasteiger partial charge in [0.1, 0.15) is 0 Å². The van der Waals surface area contributed by atoms with Crippen LogP contribution >= 0.6 is 0 Å². The van der Waals surface area contributed by atoms with Gasteiger partial charge in [0.25, 0.3) is 0 Å². The largest absolute Gasteiger partial charge is 0.361 e. The molecule has 0 bridgehead atoms. The van der Waals surface area contributed by atoms with E-state index >= 15 is 0 Å². The molecule has 2 atom stereocenters. The van der Waals surface area contributed by atoms with Crippen LogP contribution < -0.4 is 11.1 Å². The molecule has 3 rings (SSSR count). The maximum Gasteiger partial charge on any atom is 0.237 e. The monoisotopic (exact) mass is 321 g/mol. The number of hydrogen-bond acceptors (Lipinski definition) is 2. The average molecular weight is 321 g/mol. The van der Waals surface area contributed by atoms with E-state index in [9.17, 15) is 4.79 Å². The number of H-pyrrole nitrogens is 1. The summed E-state index contributed by atoms with van der Waals surface area (Å²) >= 11 is 0. The minimum absolute atomic E-state index is 0.108. The highest BCUT2D eigenvalue weighted by molar-refractivity contribution is 5.86. The fourth-order valence-electron chi connectivity index (χ4n) is 2.91. The Kier molecular flexibility index (Phi) is 4.96. The van der Waals surface area contributed by atoms with E-state index in [1.165, 1.54) is 5.56 Å². The van der Waals surface area contributed by atoms with Gasteiger partial charge in [-0.05, 0) is 29.5 Å². The van der Waals surface area contributed by atoms with E-state index in [4.69, 9.17) is 5.73 Å². The first kappa shape index (κ1) is 16.3. The molecule has 1 heterocycles. The Bertz CT molecular complexity index is 810. The molecule has 4 nitrogen and oxygen atoms in total. The molecule has 1 amide bonds. The van der Waals surface area contributed by atoms with Gasteiger partial charge in [-0.15, -0.1) is 0 Å². The number of para-hydroxylation sites is 1. The molecule has 4 N–H and O–H groups in total. The van der Waals surface area contributed by atoms with Gasteiger partial charge in [0.15, 0.2) is 0 Å². The van der Waals surface area contributed by atoms with Gasteiger partial charge in [-0.25, -0.2) is 0 Å². The zero-order valence-corrected chi connectivity index (χ0v) is 13.8. The molecular weight excluding hydrogens is 298 g/mol. The van der Waals surface area contributed by atoms with Crippen LogP contribution in [0.3, 0.4) is 0 Å².